The Kier molecular flexibility index (Phi) is 7.20. The van der Waals surface area contributed by atoms with Gasteiger partial charge >= 0.3 is 0 Å². The lowest BCUT2D eigenvalue weighted by Crippen LogP contribution is -2.20. The molecule has 25 heavy (non-hydrogen) atoms. The van der Waals surface area contributed by atoms with Crippen molar-refractivity contribution in [3.8, 4) is 0 Å². The fraction of sp³-hybridized carbons (Fsp3) is 0.182. The molecule has 1 aliphatic heterocycles. The molecule has 4 rings (SSSR count). The van der Waals surface area contributed by atoms with Crippen molar-refractivity contribution in [2.75, 3.05) is 26.4 Å². The van der Waals surface area contributed by atoms with Gasteiger partial charge in [0.1, 0.15) is 0 Å². The first kappa shape index (κ1) is 17.8. The second-order valence-electron chi connectivity index (χ2n) is 5.57. The molecule has 0 unspecified atom stereocenters. The predicted octanol–water partition coefficient (Wildman–Crippen LogP) is 3.48. The maximum absolute atomic E-state index is 4.94. The molecule has 0 radical (unpaired) electrons. The average Bonchev–Trinajstić information content (AvgIpc) is 2.72. The molecule has 1 fully saturated rings. The van der Waals surface area contributed by atoms with Gasteiger partial charge in [0.25, 0.3) is 0 Å². The SMILES string of the molecule is C1COCCO1.c1ccc(P(c2ccccc2)c2ccccc2)cc1. The van der Waals surface area contributed by atoms with Crippen LogP contribution in [-0.4, -0.2) is 26.4 Å². The summed E-state index contributed by atoms with van der Waals surface area (Å²) in [6.07, 6.45) is 0. The number of hydrogen-bond acceptors (Lipinski definition) is 2. The maximum Gasteiger partial charge on any atom is 0.0701 e. The van der Waals surface area contributed by atoms with E-state index in [1.807, 2.05) is 0 Å². The molecule has 1 aliphatic rings. The molecule has 0 amide bonds. The van der Waals surface area contributed by atoms with Crippen LogP contribution in [0.3, 0.4) is 0 Å². The summed E-state index contributed by atoms with van der Waals surface area (Å²) < 4.78 is 9.89. The molecule has 128 valence electrons. The van der Waals surface area contributed by atoms with Gasteiger partial charge in [-0.3, -0.25) is 0 Å². The van der Waals surface area contributed by atoms with E-state index in [0.717, 1.165) is 26.4 Å². The summed E-state index contributed by atoms with van der Waals surface area (Å²) in [6.45, 7) is 3.11. The first-order valence-corrected chi connectivity index (χ1v) is 9.90. The van der Waals surface area contributed by atoms with E-state index in [-0.39, 0.29) is 0 Å². The summed E-state index contributed by atoms with van der Waals surface area (Å²) in [5, 5.41) is 4.19. The molecule has 0 atom stereocenters. The van der Waals surface area contributed by atoms with Gasteiger partial charge in [-0.05, 0) is 23.8 Å². The minimum atomic E-state index is -0.446. The summed E-state index contributed by atoms with van der Waals surface area (Å²) in [6, 6.07) is 32.3. The molecule has 1 heterocycles. The van der Waals surface area contributed by atoms with Gasteiger partial charge in [-0.2, -0.15) is 0 Å². The molecule has 0 bridgehead atoms. The Morgan fingerprint density at radius 2 is 0.720 bits per heavy atom. The van der Waals surface area contributed by atoms with Gasteiger partial charge in [0, 0.05) is 0 Å². The van der Waals surface area contributed by atoms with Gasteiger partial charge in [0.2, 0.25) is 0 Å². The van der Waals surface area contributed by atoms with Crippen LogP contribution in [-0.2, 0) is 9.47 Å². The summed E-state index contributed by atoms with van der Waals surface area (Å²) in [5.74, 6) is 0. The Balaban J connectivity index is 0.000000258. The topological polar surface area (TPSA) is 18.5 Å². The number of ether oxygens (including phenoxy) is 2. The summed E-state index contributed by atoms with van der Waals surface area (Å²) in [7, 11) is -0.446. The molecular formula is C22H23O2P. The van der Waals surface area contributed by atoms with E-state index in [9.17, 15) is 0 Å². The van der Waals surface area contributed by atoms with Crippen molar-refractivity contribution in [2.24, 2.45) is 0 Å². The Morgan fingerprint density at radius 1 is 0.440 bits per heavy atom. The van der Waals surface area contributed by atoms with Gasteiger partial charge in [-0.25, -0.2) is 0 Å². The second kappa shape index (κ2) is 10.1. The lowest BCUT2D eigenvalue weighted by Gasteiger charge is -2.18. The van der Waals surface area contributed by atoms with Crippen LogP contribution in [0.2, 0.25) is 0 Å². The molecule has 0 aliphatic carbocycles. The Morgan fingerprint density at radius 3 is 0.960 bits per heavy atom. The van der Waals surface area contributed by atoms with Crippen LogP contribution in [0.1, 0.15) is 0 Å². The minimum Gasteiger partial charge on any atom is -0.377 e. The van der Waals surface area contributed by atoms with E-state index in [0.29, 0.717) is 0 Å². The molecule has 1 saturated heterocycles. The Labute approximate surface area is 151 Å². The van der Waals surface area contributed by atoms with Gasteiger partial charge in [0.05, 0.1) is 26.4 Å². The molecular weight excluding hydrogens is 327 g/mol. The van der Waals surface area contributed by atoms with Crippen molar-refractivity contribution in [1.29, 1.82) is 0 Å². The monoisotopic (exact) mass is 350 g/mol. The van der Waals surface area contributed by atoms with Crippen LogP contribution >= 0.6 is 7.92 Å². The number of benzene rings is 3. The van der Waals surface area contributed by atoms with E-state index >= 15 is 0 Å². The fourth-order valence-electron chi connectivity index (χ4n) is 2.62. The summed E-state index contributed by atoms with van der Waals surface area (Å²) in [4.78, 5) is 0. The zero-order valence-electron chi connectivity index (χ0n) is 14.3. The number of rotatable bonds is 3. The van der Waals surface area contributed by atoms with Crippen molar-refractivity contribution >= 4 is 23.8 Å². The van der Waals surface area contributed by atoms with Gasteiger partial charge in [-0.1, -0.05) is 91.0 Å². The first-order valence-electron chi connectivity index (χ1n) is 8.56. The lowest BCUT2D eigenvalue weighted by molar-refractivity contribution is -0.0334. The highest BCUT2D eigenvalue weighted by atomic mass is 31.1. The first-order chi connectivity index (χ1) is 12.4. The third-order valence-electron chi connectivity index (χ3n) is 3.79. The highest BCUT2D eigenvalue weighted by Crippen LogP contribution is 2.32. The Hall–Kier alpha value is -1.99. The quantitative estimate of drug-likeness (QED) is 0.674. The van der Waals surface area contributed by atoms with Crippen molar-refractivity contribution in [3.63, 3.8) is 0 Å². The molecule has 3 aromatic carbocycles. The van der Waals surface area contributed by atoms with Gasteiger partial charge in [-0.15, -0.1) is 0 Å². The van der Waals surface area contributed by atoms with Crippen LogP contribution in [0.5, 0.6) is 0 Å². The molecule has 3 heteroatoms. The molecule has 2 nitrogen and oxygen atoms in total. The third-order valence-corrected chi connectivity index (χ3v) is 6.23. The highest BCUT2D eigenvalue weighted by Gasteiger charge is 2.14. The summed E-state index contributed by atoms with van der Waals surface area (Å²) >= 11 is 0. The molecule has 0 aromatic heterocycles. The smallest absolute Gasteiger partial charge is 0.0701 e. The fourth-order valence-corrected chi connectivity index (χ4v) is 4.92. The van der Waals surface area contributed by atoms with E-state index < -0.39 is 7.92 Å². The molecule has 0 N–H and O–H groups in total. The highest BCUT2D eigenvalue weighted by molar-refractivity contribution is 7.79. The normalized spacial score (nSPS) is 13.8. The second-order valence-corrected chi connectivity index (χ2v) is 7.79. The summed E-state index contributed by atoms with van der Waals surface area (Å²) in [5.41, 5.74) is 0. The van der Waals surface area contributed by atoms with E-state index in [4.69, 9.17) is 9.47 Å². The molecule has 0 spiro atoms. The van der Waals surface area contributed by atoms with Crippen molar-refractivity contribution < 1.29 is 9.47 Å². The van der Waals surface area contributed by atoms with E-state index in [2.05, 4.69) is 91.0 Å². The van der Waals surface area contributed by atoms with Gasteiger partial charge in [0.15, 0.2) is 0 Å². The van der Waals surface area contributed by atoms with Crippen molar-refractivity contribution in [3.05, 3.63) is 91.0 Å². The predicted molar refractivity (Wildman–Crippen MR) is 107 cm³/mol. The van der Waals surface area contributed by atoms with Gasteiger partial charge < -0.3 is 9.47 Å². The minimum absolute atomic E-state index is 0.446. The largest absolute Gasteiger partial charge is 0.377 e. The zero-order valence-corrected chi connectivity index (χ0v) is 15.1. The lowest BCUT2D eigenvalue weighted by atomic mass is 10.4. The standard InChI is InChI=1S/C18H15P.C4H8O2/c1-4-10-16(11-5-1)19(17-12-6-2-7-13-17)18-14-8-3-9-15-18;1-2-6-4-3-5-1/h1-15H;1-4H2. The maximum atomic E-state index is 4.94. The van der Waals surface area contributed by atoms with Crippen molar-refractivity contribution in [1.82, 2.24) is 0 Å². The van der Waals surface area contributed by atoms with Crippen LogP contribution < -0.4 is 15.9 Å². The van der Waals surface area contributed by atoms with Crippen LogP contribution in [0.15, 0.2) is 91.0 Å². The number of hydrogen-bond donors (Lipinski definition) is 0. The van der Waals surface area contributed by atoms with Crippen LogP contribution in [0.25, 0.3) is 0 Å². The van der Waals surface area contributed by atoms with Crippen LogP contribution in [0, 0.1) is 0 Å². The molecule has 0 saturated carbocycles. The van der Waals surface area contributed by atoms with E-state index in [1.165, 1.54) is 15.9 Å². The van der Waals surface area contributed by atoms with Crippen molar-refractivity contribution in [2.45, 2.75) is 0 Å². The molecule has 3 aromatic rings. The Bertz CT molecular complexity index is 607. The van der Waals surface area contributed by atoms with Crippen LogP contribution in [0.4, 0.5) is 0 Å². The third kappa shape index (κ3) is 5.51. The zero-order chi connectivity index (χ0) is 17.2. The van der Waals surface area contributed by atoms with E-state index in [1.54, 1.807) is 0 Å². The average molecular weight is 350 g/mol.